The van der Waals surface area contributed by atoms with Crippen LogP contribution in [0.3, 0.4) is 0 Å². The quantitative estimate of drug-likeness (QED) is 0.603. The van der Waals surface area contributed by atoms with E-state index in [4.69, 9.17) is 14.2 Å². The highest BCUT2D eigenvalue weighted by Gasteiger charge is 2.16. The van der Waals surface area contributed by atoms with Gasteiger partial charge in [0.05, 0.1) is 37.8 Å². The molecule has 2 N–H and O–H groups in total. The van der Waals surface area contributed by atoms with Gasteiger partial charge in [-0.05, 0) is 24.6 Å². The number of aromatic nitrogens is 4. The van der Waals surface area contributed by atoms with E-state index in [0.717, 1.165) is 47.8 Å². The Morgan fingerprint density at radius 2 is 1.88 bits per heavy atom. The molecule has 10 nitrogen and oxygen atoms in total. The van der Waals surface area contributed by atoms with Gasteiger partial charge in [0.25, 0.3) is 5.56 Å². The Hall–Kier alpha value is -3.66. The van der Waals surface area contributed by atoms with Gasteiger partial charge in [-0.3, -0.25) is 9.78 Å². The van der Waals surface area contributed by atoms with Gasteiger partial charge in [0.15, 0.2) is 11.5 Å². The van der Waals surface area contributed by atoms with Crippen molar-refractivity contribution in [3.05, 3.63) is 52.1 Å². The van der Waals surface area contributed by atoms with Gasteiger partial charge in [-0.25, -0.2) is 15.0 Å². The highest BCUT2D eigenvalue weighted by Crippen LogP contribution is 2.30. The molecule has 3 aromatic rings. The zero-order chi connectivity index (χ0) is 22.6. The van der Waals surface area contributed by atoms with Gasteiger partial charge < -0.3 is 24.4 Å². The maximum absolute atomic E-state index is 12.3. The van der Waals surface area contributed by atoms with Crippen molar-refractivity contribution in [2.24, 2.45) is 0 Å². The van der Waals surface area contributed by atoms with E-state index in [1.807, 2.05) is 25.1 Å². The lowest BCUT2D eigenvalue weighted by atomic mass is 10.1. The summed E-state index contributed by atoms with van der Waals surface area (Å²) in [6.07, 6.45) is 2.58. The van der Waals surface area contributed by atoms with Gasteiger partial charge in [-0.2, -0.15) is 0 Å². The Labute approximate surface area is 191 Å². The van der Waals surface area contributed by atoms with Crippen molar-refractivity contribution in [1.29, 1.82) is 0 Å². The van der Waals surface area contributed by atoms with Crippen LogP contribution in [0.5, 0.6) is 11.5 Å². The van der Waals surface area contributed by atoms with Crippen LogP contribution in [0.15, 0.2) is 35.3 Å². The predicted molar refractivity (Wildman–Crippen MR) is 123 cm³/mol. The Kier molecular flexibility index (Phi) is 6.07. The molecular weight excluding hydrogens is 424 g/mol. The summed E-state index contributed by atoms with van der Waals surface area (Å²) in [7, 11) is 0. The van der Waals surface area contributed by atoms with Crippen LogP contribution in [0.25, 0.3) is 11.3 Å². The Bertz CT molecular complexity index is 1190. The lowest BCUT2D eigenvalue weighted by Crippen LogP contribution is -2.37. The number of rotatable bonds is 5. The highest BCUT2D eigenvalue weighted by atomic mass is 16.5. The Morgan fingerprint density at radius 1 is 1.06 bits per heavy atom. The lowest BCUT2D eigenvalue weighted by molar-refractivity contribution is 0.122. The number of nitrogens with zero attached hydrogens (tertiary/aromatic N) is 4. The molecule has 0 unspecified atom stereocenters. The van der Waals surface area contributed by atoms with Crippen LogP contribution in [-0.2, 0) is 11.3 Å². The first kappa shape index (κ1) is 21.2. The van der Waals surface area contributed by atoms with Crippen molar-refractivity contribution in [3.8, 4) is 22.8 Å². The number of morpholine rings is 1. The summed E-state index contributed by atoms with van der Waals surface area (Å²) < 4.78 is 16.8. The molecule has 5 rings (SSSR count). The topological polar surface area (TPSA) is 114 Å². The van der Waals surface area contributed by atoms with E-state index in [-0.39, 0.29) is 5.56 Å². The van der Waals surface area contributed by atoms with Crippen molar-refractivity contribution in [1.82, 2.24) is 19.9 Å². The van der Waals surface area contributed by atoms with Crippen LogP contribution in [0.4, 0.5) is 11.9 Å². The molecule has 4 heterocycles. The average Bonchev–Trinajstić information content (AvgIpc) is 3.08. The number of anilines is 2. The van der Waals surface area contributed by atoms with Crippen LogP contribution in [0, 0.1) is 6.92 Å². The van der Waals surface area contributed by atoms with E-state index in [0.29, 0.717) is 50.6 Å². The minimum atomic E-state index is -0.252. The number of H-pyrrole nitrogens is 1. The zero-order valence-corrected chi connectivity index (χ0v) is 18.5. The largest absolute Gasteiger partial charge is 0.490 e. The third-order valence-electron chi connectivity index (χ3n) is 5.55. The molecule has 0 atom stereocenters. The number of ether oxygens (including phenoxy) is 3. The van der Waals surface area contributed by atoms with Crippen molar-refractivity contribution >= 4 is 11.9 Å². The van der Waals surface area contributed by atoms with Gasteiger partial charge in [-0.15, -0.1) is 0 Å². The number of nitrogens with one attached hydrogen (secondary N) is 2. The second kappa shape index (κ2) is 9.45. The molecule has 1 saturated heterocycles. The van der Waals surface area contributed by atoms with Gasteiger partial charge in [0.2, 0.25) is 11.9 Å². The summed E-state index contributed by atoms with van der Waals surface area (Å²) in [5.41, 5.74) is 2.74. The third kappa shape index (κ3) is 4.90. The molecule has 0 spiro atoms. The molecule has 0 amide bonds. The zero-order valence-electron chi connectivity index (χ0n) is 18.5. The summed E-state index contributed by atoms with van der Waals surface area (Å²) in [5.74, 6) is 2.52. The third-order valence-corrected chi connectivity index (χ3v) is 5.55. The van der Waals surface area contributed by atoms with Crippen LogP contribution in [-0.4, -0.2) is 59.5 Å². The van der Waals surface area contributed by atoms with Crippen LogP contribution >= 0.6 is 0 Å². The van der Waals surface area contributed by atoms with Crippen molar-refractivity contribution in [2.75, 3.05) is 49.7 Å². The molecule has 172 valence electrons. The van der Waals surface area contributed by atoms with Crippen molar-refractivity contribution < 1.29 is 14.2 Å². The van der Waals surface area contributed by atoms with Gasteiger partial charge in [-0.1, -0.05) is 6.07 Å². The normalized spacial score (nSPS) is 15.7. The van der Waals surface area contributed by atoms with E-state index in [1.54, 1.807) is 6.20 Å². The van der Waals surface area contributed by atoms with Crippen LogP contribution < -0.4 is 25.2 Å². The number of hydrogen-bond donors (Lipinski definition) is 2. The molecule has 2 aromatic heterocycles. The summed E-state index contributed by atoms with van der Waals surface area (Å²) in [6, 6.07) is 7.27. The van der Waals surface area contributed by atoms with Gasteiger partial charge in [0, 0.05) is 43.9 Å². The maximum atomic E-state index is 12.3. The predicted octanol–water partition coefficient (Wildman–Crippen LogP) is 2.15. The average molecular weight is 450 g/mol. The first-order valence-electron chi connectivity index (χ1n) is 11.1. The van der Waals surface area contributed by atoms with E-state index in [1.165, 1.54) is 6.07 Å². The van der Waals surface area contributed by atoms with Crippen molar-refractivity contribution in [2.45, 2.75) is 19.9 Å². The van der Waals surface area contributed by atoms with Crippen LogP contribution in [0.1, 0.15) is 17.7 Å². The molecule has 2 aliphatic heterocycles. The molecular formula is C23H26N6O4. The fourth-order valence-corrected chi connectivity index (χ4v) is 3.80. The summed E-state index contributed by atoms with van der Waals surface area (Å²) >= 11 is 0. The van der Waals surface area contributed by atoms with Gasteiger partial charge in [0.1, 0.15) is 0 Å². The molecule has 33 heavy (non-hydrogen) atoms. The first-order valence-corrected chi connectivity index (χ1v) is 11.1. The maximum Gasteiger partial charge on any atom is 0.252 e. The Morgan fingerprint density at radius 3 is 2.70 bits per heavy atom. The standard InChI is InChI=1S/C23H26N6O4/c1-15-17(14-25-23(26-15)29-5-9-31-10-6-29)18-12-21(30)28-22(27-18)24-13-16-3-4-19-20(11-16)33-8-2-7-32-19/h3-4,11-12,14H,2,5-10,13H2,1H3,(H2,24,27,28,30). The van der Waals surface area contributed by atoms with Crippen molar-refractivity contribution in [3.63, 3.8) is 0 Å². The summed E-state index contributed by atoms with van der Waals surface area (Å²) in [6.45, 7) is 6.50. The van der Waals surface area contributed by atoms with E-state index < -0.39 is 0 Å². The van der Waals surface area contributed by atoms with E-state index >= 15 is 0 Å². The number of hydrogen-bond acceptors (Lipinski definition) is 9. The molecule has 2 aliphatic rings. The molecule has 0 aliphatic carbocycles. The van der Waals surface area contributed by atoms with Crippen LogP contribution in [0.2, 0.25) is 0 Å². The number of benzene rings is 1. The van der Waals surface area contributed by atoms with E-state index in [9.17, 15) is 4.79 Å². The minimum absolute atomic E-state index is 0.252. The fourth-order valence-electron chi connectivity index (χ4n) is 3.80. The monoisotopic (exact) mass is 450 g/mol. The SMILES string of the molecule is Cc1nc(N2CCOCC2)ncc1-c1cc(=O)[nH]c(NCc2ccc3c(c2)OCCCO3)n1. The molecule has 1 aromatic carbocycles. The summed E-state index contributed by atoms with van der Waals surface area (Å²) in [5, 5.41) is 3.19. The first-order chi connectivity index (χ1) is 16.2. The minimum Gasteiger partial charge on any atom is -0.490 e. The highest BCUT2D eigenvalue weighted by molar-refractivity contribution is 5.62. The number of aryl methyl sites for hydroxylation is 1. The molecule has 1 fully saturated rings. The van der Waals surface area contributed by atoms with E-state index in [2.05, 4.69) is 30.2 Å². The second-order valence-electron chi connectivity index (χ2n) is 7.93. The molecule has 0 saturated carbocycles. The molecule has 0 radical (unpaired) electrons. The second-order valence-corrected chi connectivity index (χ2v) is 7.93. The number of fused-ring (bicyclic) bond motifs is 1. The lowest BCUT2D eigenvalue weighted by Gasteiger charge is -2.27. The fraction of sp³-hybridized carbons (Fsp3) is 0.391. The number of aromatic amines is 1. The Balaban J connectivity index is 1.33. The smallest absolute Gasteiger partial charge is 0.252 e. The molecule has 0 bridgehead atoms. The molecule has 10 heteroatoms. The van der Waals surface area contributed by atoms with Gasteiger partial charge >= 0.3 is 0 Å². The summed E-state index contributed by atoms with van der Waals surface area (Å²) in [4.78, 5) is 30.9.